The number of benzene rings is 2. The van der Waals surface area contributed by atoms with Crippen LogP contribution in [-0.2, 0) is 17.9 Å². The lowest BCUT2D eigenvalue weighted by Gasteiger charge is -2.26. The van der Waals surface area contributed by atoms with Gasteiger partial charge in [0.25, 0.3) is 0 Å². The van der Waals surface area contributed by atoms with Crippen molar-refractivity contribution < 1.29 is 24.7 Å². The third kappa shape index (κ3) is 3.25. The molecule has 0 aliphatic heterocycles. The van der Waals surface area contributed by atoms with Crippen molar-refractivity contribution in [3.8, 4) is 17.2 Å². The number of fused-ring (bicyclic) bond motifs is 1. The zero-order valence-electron chi connectivity index (χ0n) is 13.2. The van der Waals surface area contributed by atoms with E-state index in [4.69, 9.17) is 19.6 Å². The van der Waals surface area contributed by atoms with E-state index in [0.29, 0.717) is 17.4 Å². The van der Waals surface area contributed by atoms with Gasteiger partial charge in [-0.1, -0.05) is 12.1 Å². The van der Waals surface area contributed by atoms with Gasteiger partial charge < -0.3 is 14.4 Å². The predicted molar refractivity (Wildman–Crippen MR) is 85.1 cm³/mol. The molecule has 0 fully saturated rings. The maximum Gasteiger partial charge on any atom is 0.175 e. The highest BCUT2D eigenvalue weighted by Gasteiger charge is 2.24. The first-order chi connectivity index (χ1) is 11.2. The number of rotatable bonds is 5. The standard InChI is InChI=1S/C18H20O5/c1-20-15-7-5-12(6-8-15)13-3-4-14-9-16(21-2)11-18(22-23-19)17(14)10-13/h5-9,11,13,19H,3-4,10H2,1-2H3/t13-/m0/s1. The average Bonchev–Trinajstić information content (AvgIpc) is 2.61. The van der Waals surface area contributed by atoms with Gasteiger partial charge in [-0.2, -0.15) is 0 Å². The fraction of sp³-hybridized carbons (Fsp3) is 0.333. The van der Waals surface area contributed by atoms with E-state index in [0.717, 1.165) is 30.6 Å². The molecule has 23 heavy (non-hydrogen) atoms. The average molecular weight is 316 g/mol. The van der Waals surface area contributed by atoms with Crippen molar-refractivity contribution in [2.45, 2.75) is 25.2 Å². The van der Waals surface area contributed by atoms with Gasteiger partial charge in [-0.05, 0) is 59.5 Å². The first kappa shape index (κ1) is 15.6. The van der Waals surface area contributed by atoms with Gasteiger partial charge in [-0.15, -0.1) is 0 Å². The van der Waals surface area contributed by atoms with Gasteiger partial charge in [-0.25, -0.2) is 5.26 Å². The Kier molecular flexibility index (Phi) is 4.69. The van der Waals surface area contributed by atoms with Crippen molar-refractivity contribution in [3.05, 3.63) is 53.1 Å². The van der Waals surface area contributed by atoms with Crippen LogP contribution in [0.4, 0.5) is 0 Å². The lowest BCUT2D eigenvalue weighted by atomic mass is 9.79. The Hall–Kier alpha value is -2.24. The topological polar surface area (TPSA) is 57.2 Å². The fourth-order valence-electron chi connectivity index (χ4n) is 3.20. The maximum absolute atomic E-state index is 8.65. The smallest absolute Gasteiger partial charge is 0.175 e. The van der Waals surface area contributed by atoms with Crippen molar-refractivity contribution in [2.24, 2.45) is 0 Å². The Bertz CT molecular complexity index is 666. The number of ether oxygens (including phenoxy) is 2. The van der Waals surface area contributed by atoms with E-state index >= 15 is 0 Å². The Morgan fingerprint density at radius 1 is 1.00 bits per heavy atom. The Labute approximate surface area is 135 Å². The molecule has 0 amide bonds. The van der Waals surface area contributed by atoms with Crippen LogP contribution in [0.25, 0.3) is 0 Å². The lowest BCUT2D eigenvalue weighted by molar-refractivity contribution is -0.439. The normalized spacial score (nSPS) is 16.6. The molecule has 3 rings (SSSR count). The van der Waals surface area contributed by atoms with Crippen LogP contribution in [0.15, 0.2) is 36.4 Å². The van der Waals surface area contributed by atoms with Crippen LogP contribution in [0.5, 0.6) is 17.2 Å². The summed E-state index contributed by atoms with van der Waals surface area (Å²) in [7, 11) is 3.27. The van der Waals surface area contributed by atoms with Gasteiger partial charge in [0, 0.05) is 11.6 Å². The van der Waals surface area contributed by atoms with E-state index in [1.165, 1.54) is 11.1 Å². The summed E-state index contributed by atoms with van der Waals surface area (Å²) in [4.78, 5) is 4.92. The first-order valence-electron chi connectivity index (χ1n) is 7.57. The molecule has 2 aromatic carbocycles. The zero-order chi connectivity index (χ0) is 16.2. The molecule has 122 valence electrons. The molecule has 0 aromatic heterocycles. The Balaban J connectivity index is 1.89. The highest BCUT2D eigenvalue weighted by molar-refractivity contribution is 5.49. The third-order valence-corrected chi connectivity index (χ3v) is 4.44. The number of hydrogen-bond acceptors (Lipinski definition) is 5. The van der Waals surface area contributed by atoms with Gasteiger partial charge in [0.05, 0.1) is 14.2 Å². The van der Waals surface area contributed by atoms with E-state index in [1.54, 1.807) is 20.3 Å². The second kappa shape index (κ2) is 6.89. The van der Waals surface area contributed by atoms with Crippen LogP contribution in [0, 0.1) is 0 Å². The summed E-state index contributed by atoms with van der Waals surface area (Å²) in [5.74, 6) is 2.44. The summed E-state index contributed by atoms with van der Waals surface area (Å²) in [6, 6.07) is 11.9. The summed E-state index contributed by atoms with van der Waals surface area (Å²) >= 11 is 0. The molecular weight excluding hydrogens is 296 g/mol. The van der Waals surface area contributed by atoms with E-state index in [-0.39, 0.29) is 0 Å². The van der Waals surface area contributed by atoms with Crippen molar-refractivity contribution >= 4 is 0 Å². The third-order valence-electron chi connectivity index (χ3n) is 4.44. The molecule has 1 N–H and O–H groups in total. The minimum Gasteiger partial charge on any atom is -0.497 e. The number of aryl methyl sites for hydroxylation is 1. The van der Waals surface area contributed by atoms with Gasteiger partial charge in [0.1, 0.15) is 11.5 Å². The molecule has 5 heteroatoms. The van der Waals surface area contributed by atoms with Crippen molar-refractivity contribution in [2.75, 3.05) is 14.2 Å². The summed E-state index contributed by atoms with van der Waals surface area (Å²) < 4.78 is 10.5. The predicted octanol–water partition coefficient (Wildman–Crippen LogP) is 3.76. The minimum atomic E-state index is 0.392. The molecule has 0 saturated carbocycles. The highest BCUT2D eigenvalue weighted by atomic mass is 17.5. The van der Waals surface area contributed by atoms with Gasteiger partial charge >= 0.3 is 0 Å². The molecular formula is C18H20O5. The molecule has 0 heterocycles. The SMILES string of the molecule is COc1ccc([C@H]2CCc3cc(OC)cc(OOO)c3C2)cc1. The van der Waals surface area contributed by atoms with Gasteiger partial charge in [0.15, 0.2) is 5.75 Å². The maximum atomic E-state index is 8.65. The lowest BCUT2D eigenvalue weighted by Crippen LogP contribution is -2.14. The Morgan fingerprint density at radius 3 is 2.39 bits per heavy atom. The molecule has 0 unspecified atom stereocenters. The summed E-state index contributed by atoms with van der Waals surface area (Å²) in [5, 5.41) is 12.5. The number of hydrogen-bond donors (Lipinski definition) is 1. The first-order valence-corrected chi connectivity index (χ1v) is 7.57. The van der Waals surface area contributed by atoms with Crippen LogP contribution < -0.4 is 14.4 Å². The molecule has 1 aliphatic carbocycles. The highest BCUT2D eigenvalue weighted by Crippen LogP contribution is 2.39. The number of methoxy groups -OCH3 is 2. The van der Waals surface area contributed by atoms with Crippen LogP contribution in [0.1, 0.15) is 29.0 Å². The summed E-state index contributed by atoms with van der Waals surface area (Å²) in [6.07, 6.45) is 2.79. The van der Waals surface area contributed by atoms with Crippen molar-refractivity contribution in [1.82, 2.24) is 0 Å². The molecule has 0 radical (unpaired) electrons. The second-order valence-electron chi connectivity index (χ2n) is 5.63. The monoisotopic (exact) mass is 316 g/mol. The molecule has 0 saturated heterocycles. The van der Waals surface area contributed by atoms with Crippen LogP contribution in [0.2, 0.25) is 0 Å². The minimum absolute atomic E-state index is 0.392. The van der Waals surface area contributed by atoms with Gasteiger partial charge in [0.2, 0.25) is 0 Å². The largest absolute Gasteiger partial charge is 0.497 e. The van der Waals surface area contributed by atoms with Crippen LogP contribution in [0.3, 0.4) is 0 Å². The van der Waals surface area contributed by atoms with Crippen molar-refractivity contribution in [1.29, 1.82) is 0 Å². The molecule has 1 aliphatic rings. The fourth-order valence-corrected chi connectivity index (χ4v) is 3.20. The molecule has 0 bridgehead atoms. The summed E-state index contributed by atoms with van der Waals surface area (Å²) in [6.45, 7) is 0. The summed E-state index contributed by atoms with van der Waals surface area (Å²) in [5.41, 5.74) is 3.48. The van der Waals surface area contributed by atoms with E-state index < -0.39 is 0 Å². The molecule has 2 aromatic rings. The van der Waals surface area contributed by atoms with E-state index in [1.807, 2.05) is 18.2 Å². The Morgan fingerprint density at radius 2 is 1.74 bits per heavy atom. The van der Waals surface area contributed by atoms with Crippen LogP contribution in [-0.4, -0.2) is 19.5 Å². The molecule has 5 nitrogen and oxygen atoms in total. The second-order valence-corrected chi connectivity index (χ2v) is 5.63. The van der Waals surface area contributed by atoms with E-state index in [2.05, 4.69) is 17.2 Å². The van der Waals surface area contributed by atoms with Crippen LogP contribution >= 0.6 is 0 Å². The zero-order valence-corrected chi connectivity index (χ0v) is 13.2. The van der Waals surface area contributed by atoms with E-state index in [9.17, 15) is 0 Å². The van der Waals surface area contributed by atoms with Crippen molar-refractivity contribution in [3.63, 3.8) is 0 Å². The van der Waals surface area contributed by atoms with Gasteiger partial charge in [-0.3, -0.25) is 0 Å². The quantitative estimate of drug-likeness (QED) is 0.672. The molecule has 1 atom stereocenters. The molecule has 0 spiro atoms.